The Morgan fingerprint density at radius 2 is 1.62 bits per heavy atom. The summed E-state index contributed by atoms with van der Waals surface area (Å²) in [6, 6.07) is 3.21. The van der Waals surface area contributed by atoms with E-state index in [0.717, 1.165) is 6.41 Å². The van der Waals surface area contributed by atoms with Gasteiger partial charge < -0.3 is 14.6 Å². The Hall–Kier alpha value is -1.75. The number of ether oxygens (including phenoxy) is 2. The van der Waals surface area contributed by atoms with E-state index < -0.39 is 0 Å². The molecule has 0 heterocycles. The van der Waals surface area contributed by atoms with Gasteiger partial charge in [0.05, 0.1) is 28.3 Å². The van der Waals surface area contributed by atoms with Gasteiger partial charge in [-0.2, -0.15) is 0 Å². The lowest BCUT2D eigenvalue weighted by atomic mass is 10.2. The molecule has 0 aliphatic heterocycles. The minimum atomic E-state index is -0.0698. The molecule has 0 aliphatic rings. The van der Waals surface area contributed by atoms with Gasteiger partial charge in [0.25, 0.3) is 0 Å². The number of phenolic OH excluding ortho intramolecular Hbond substituents is 1. The molecule has 1 aromatic carbocycles. The van der Waals surface area contributed by atoms with Crippen LogP contribution >= 0.6 is 0 Å². The number of rotatable bonds is 4. The summed E-state index contributed by atoms with van der Waals surface area (Å²) in [6.45, 7) is 0. The van der Waals surface area contributed by atoms with Crippen molar-refractivity contribution >= 4 is 12.1 Å². The van der Waals surface area contributed by atoms with Crippen LogP contribution in [0.3, 0.4) is 0 Å². The van der Waals surface area contributed by atoms with Gasteiger partial charge in [-0.3, -0.25) is 0 Å². The molecule has 0 bridgehead atoms. The molecule has 5 heteroatoms. The molecular formula is C11H16NO4+. The van der Waals surface area contributed by atoms with Crippen molar-refractivity contribution in [1.82, 2.24) is 4.48 Å². The summed E-state index contributed by atoms with van der Waals surface area (Å²) in [6.07, 6.45) is 0.783. The zero-order valence-electron chi connectivity index (χ0n) is 9.85. The smallest absolute Gasteiger partial charge is 0.306 e. The minimum absolute atomic E-state index is 0.0208. The molecule has 0 radical (unpaired) electrons. The average Bonchev–Trinajstić information content (AvgIpc) is 2.29. The lowest BCUT2D eigenvalue weighted by Gasteiger charge is -2.22. The Morgan fingerprint density at radius 1 is 1.19 bits per heavy atom. The van der Waals surface area contributed by atoms with Crippen LogP contribution in [0.1, 0.15) is 0 Å². The van der Waals surface area contributed by atoms with Gasteiger partial charge in [-0.1, -0.05) is 0 Å². The summed E-state index contributed by atoms with van der Waals surface area (Å²) < 4.78 is 10.0. The highest BCUT2D eigenvalue weighted by Gasteiger charge is 2.23. The van der Waals surface area contributed by atoms with Gasteiger partial charge in [-0.25, -0.2) is 9.28 Å². The van der Waals surface area contributed by atoms with Crippen LogP contribution < -0.4 is 14.0 Å². The molecule has 0 aliphatic carbocycles. The number of carbonyl (C=O) groups excluding carboxylic acids is 1. The number of methoxy groups -OCH3 is 2. The molecule has 0 aromatic heterocycles. The highest BCUT2D eigenvalue weighted by molar-refractivity contribution is 5.72. The van der Waals surface area contributed by atoms with E-state index in [1.54, 1.807) is 26.2 Å². The fourth-order valence-corrected chi connectivity index (χ4v) is 1.27. The largest absolute Gasteiger partial charge is 0.502 e. The van der Waals surface area contributed by atoms with Gasteiger partial charge in [0.1, 0.15) is 5.69 Å². The van der Waals surface area contributed by atoms with Crippen LogP contribution in [0, 0.1) is 0 Å². The van der Waals surface area contributed by atoms with Crippen LogP contribution in [0.5, 0.6) is 17.2 Å². The van der Waals surface area contributed by atoms with Crippen molar-refractivity contribution in [3.05, 3.63) is 12.1 Å². The highest BCUT2D eigenvalue weighted by atomic mass is 16.5. The predicted molar refractivity (Wildman–Crippen MR) is 60.9 cm³/mol. The molecule has 0 saturated heterocycles. The first-order chi connectivity index (χ1) is 7.46. The molecule has 16 heavy (non-hydrogen) atoms. The monoisotopic (exact) mass is 226 g/mol. The van der Waals surface area contributed by atoms with Crippen LogP contribution in [0.4, 0.5) is 5.69 Å². The van der Waals surface area contributed by atoms with E-state index >= 15 is 0 Å². The van der Waals surface area contributed by atoms with Crippen LogP contribution in [0.25, 0.3) is 0 Å². The normalized spacial score (nSPS) is 11.0. The maximum absolute atomic E-state index is 10.9. The van der Waals surface area contributed by atoms with E-state index in [4.69, 9.17) is 9.47 Å². The zero-order chi connectivity index (χ0) is 12.3. The van der Waals surface area contributed by atoms with E-state index in [1.807, 2.05) is 0 Å². The first kappa shape index (κ1) is 12.3. The lowest BCUT2D eigenvalue weighted by molar-refractivity contribution is -0.115. The summed E-state index contributed by atoms with van der Waals surface area (Å²) in [4.78, 5) is 10.9. The van der Waals surface area contributed by atoms with Gasteiger partial charge >= 0.3 is 6.41 Å². The summed E-state index contributed by atoms with van der Waals surface area (Å²) in [5.41, 5.74) is 0.668. The Kier molecular flexibility index (Phi) is 3.39. The Balaban J connectivity index is 3.38. The van der Waals surface area contributed by atoms with Crippen LogP contribution in [0.15, 0.2) is 12.1 Å². The highest BCUT2D eigenvalue weighted by Crippen LogP contribution is 2.40. The van der Waals surface area contributed by atoms with Crippen molar-refractivity contribution in [2.24, 2.45) is 0 Å². The maximum Gasteiger partial charge on any atom is 0.306 e. The second-order valence-corrected chi connectivity index (χ2v) is 3.84. The van der Waals surface area contributed by atoms with E-state index in [2.05, 4.69) is 0 Å². The zero-order valence-corrected chi connectivity index (χ0v) is 9.85. The SMILES string of the molecule is COc1cc([N+](C)(C)C=O)cc(OC)c1O. The third-order valence-electron chi connectivity index (χ3n) is 2.39. The first-order valence-corrected chi connectivity index (χ1v) is 4.71. The molecule has 0 atom stereocenters. The first-order valence-electron chi connectivity index (χ1n) is 4.71. The Labute approximate surface area is 94.4 Å². The van der Waals surface area contributed by atoms with Crippen molar-refractivity contribution in [3.8, 4) is 17.2 Å². The van der Waals surface area contributed by atoms with Gasteiger partial charge in [0.2, 0.25) is 5.75 Å². The number of quaternary nitrogens is 1. The van der Waals surface area contributed by atoms with E-state index in [0.29, 0.717) is 5.69 Å². The Morgan fingerprint density at radius 3 is 1.94 bits per heavy atom. The number of hydrogen-bond acceptors (Lipinski definition) is 4. The van der Waals surface area contributed by atoms with Crippen molar-refractivity contribution in [3.63, 3.8) is 0 Å². The molecular weight excluding hydrogens is 210 g/mol. The lowest BCUT2D eigenvalue weighted by Crippen LogP contribution is -2.38. The van der Waals surface area contributed by atoms with Gasteiger partial charge in [-0.05, 0) is 0 Å². The second-order valence-electron chi connectivity index (χ2n) is 3.84. The number of nitrogens with zero attached hydrogens (tertiary/aromatic N) is 1. The van der Waals surface area contributed by atoms with Crippen molar-refractivity contribution in [1.29, 1.82) is 0 Å². The van der Waals surface area contributed by atoms with Crippen LogP contribution in [-0.2, 0) is 4.79 Å². The van der Waals surface area contributed by atoms with Crippen molar-refractivity contribution in [2.45, 2.75) is 0 Å². The van der Waals surface area contributed by atoms with Gasteiger partial charge in [-0.15, -0.1) is 0 Å². The quantitative estimate of drug-likeness (QED) is 0.617. The molecule has 0 fully saturated rings. The number of benzene rings is 1. The number of aromatic hydroxyl groups is 1. The number of hydrogen-bond donors (Lipinski definition) is 1. The summed E-state index contributed by atoms with van der Waals surface area (Å²) in [7, 11) is 6.33. The van der Waals surface area contributed by atoms with Crippen molar-refractivity contribution < 1.29 is 19.4 Å². The summed E-state index contributed by atoms with van der Waals surface area (Å²) in [5, 5.41) is 9.71. The topological polar surface area (TPSA) is 55.8 Å². The van der Waals surface area contributed by atoms with E-state index in [-0.39, 0.29) is 21.7 Å². The van der Waals surface area contributed by atoms with Crippen molar-refractivity contribution in [2.75, 3.05) is 28.3 Å². The van der Waals surface area contributed by atoms with Crippen LogP contribution in [0.2, 0.25) is 0 Å². The average molecular weight is 226 g/mol. The molecule has 1 aromatic rings. The molecule has 1 N–H and O–H groups in total. The third-order valence-corrected chi connectivity index (χ3v) is 2.39. The Bertz CT molecular complexity index is 376. The molecule has 1 amide bonds. The molecule has 0 unspecified atom stereocenters. The predicted octanol–water partition coefficient (Wildman–Crippen LogP) is 1.13. The van der Waals surface area contributed by atoms with E-state index in [9.17, 15) is 9.90 Å². The maximum atomic E-state index is 10.9. The number of phenols is 1. The fraction of sp³-hybridized carbons (Fsp3) is 0.364. The standard InChI is InChI=1S/C11H15NO4/c1-12(2,7-13)8-5-9(15-3)11(14)10(6-8)16-4/h5-7H,1-4H3/p+1. The number of carbonyl (C=O) groups is 1. The molecule has 88 valence electrons. The second kappa shape index (κ2) is 4.40. The van der Waals surface area contributed by atoms with E-state index in [1.165, 1.54) is 14.2 Å². The molecule has 1 rings (SSSR count). The molecule has 5 nitrogen and oxygen atoms in total. The van der Waals surface area contributed by atoms with Crippen LogP contribution in [-0.4, -0.2) is 39.8 Å². The fourth-order valence-electron chi connectivity index (χ4n) is 1.27. The van der Waals surface area contributed by atoms with Gasteiger partial charge in [0, 0.05) is 12.1 Å². The third kappa shape index (κ3) is 2.09. The van der Waals surface area contributed by atoms with Gasteiger partial charge in [0.15, 0.2) is 11.5 Å². The number of amides is 1. The molecule has 0 spiro atoms. The summed E-state index contributed by atoms with van der Waals surface area (Å²) >= 11 is 0. The molecule has 0 saturated carbocycles. The minimum Gasteiger partial charge on any atom is -0.502 e. The summed E-state index contributed by atoms with van der Waals surface area (Å²) in [5.74, 6) is 0.490.